The highest BCUT2D eigenvalue weighted by atomic mass is 31.2. The number of carbonyl (C=O) groups is 4. The quantitative estimate of drug-likeness (QED) is 0.0222. The van der Waals surface area contributed by atoms with Gasteiger partial charge in [-0.1, -0.05) is 370 Å². The summed E-state index contributed by atoms with van der Waals surface area (Å²) in [6.45, 7) is 14.2. The Bertz CT molecular complexity index is 1970. The Morgan fingerprint density at radius 2 is 0.475 bits per heavy atom. The number of phosphoric acid groups is 2. The molecule has 0 aromatic carbocycles. The average Bonchev–Trinajstić information content (AvgIpc) is 1.15. The van der Waals surface area contributed by atoms with Gasteiger partial charge in [-0.2, -0.15) is 0 Å². The van der Waals surface area contributed by atoms with Crippen LogP contribution in [0.1, 0.15) is 421 Å². The number of carbonyl (C=O) groups excluding carboxylic acids is 4. The van der Waals surface area contributed by atoms with Gasteiger partial charge in [-0.15, -0.1) is 0 Å². The van der Waals surface area contributed by atoms with E-state index in [2.05, 4.69) is 55.4 Å². The van der Waals surface area contributed by atoms with Gasteiger partial charge in [0.25, 0.3) is 0 Å². The summed E-state index contributed by atoms with van der Waals surface area (Å²) in [7, 11) is -9.92. The van der Waals surface area contributed by atoms with Gasteiger partial charge in [0.2, 0.25) is 0 Å². The van der Waals surface area contributed by atoms with Crippen LogP contribution in [0, 0.1) is 23.7 Å². The fraction of sp³-hybridized carbons (Fsp3) is 0.951. The number of unbranched alkanes of at least 4 members (excludes halogenated alkanes) is 44. The molecule has 4 unspecified atom stereocenters. The van der Waals surface area contributed by atoms with E-state index in [1.807, 2.05) is 0 Å². The van der Waals surface area contributed by atoms with E-state index in [9.17, 15) is 43.2 Å². The average molecular weight is 1480 g/mol. The molecule has 0 saturated carbocycles. The van der Waals surface area contributed by atoms with E-state index >= 15 is 0 Å². The molecule has 0 fully saturated rings. The Balaban J connectivity index is 5.06. The lowest BCUT2D eigenvalue weighted by Gasteiger charge is -2.21. The maximum absolute atomic E-state index is 13.1. The van der Waals surface area contributed by atoms with Gasteiger partial charge < -0.3 is 33.8 Å². The lowest BCUT2D eigenvalue weighted by molar-refractivity contribution is -0.161. The minimum Gasteiger partial charge on any atom is -0.462 e. The smallest absolute Gasteiger partial charge is 0.462 e. The number of aliphatic hydroxyl groups is 1. The van der Waals surface area contributed by atoms with Crippen molar-refractivity contribution in [3.05, 3.63) is 0 Å². The number of rotatable bonds is 79. The fourth-order valence-corrected chi connectivity index (χ4v) is 14.2. The number of ether oxygens (including phenoxy) is 4. The largest absolute Gasteiger partial charge is 0.472 e. The Labute approximate surface area is 619 Å². The molecule has 0 aromatic heterocycles. The third kappa shape index (κ3) is 74.7. The van der Waals surface area contributed by atoms with Crippen molar-refractivity contribution in [2.75, 3.05) is 39.6 Å². The topological polar surface area (TPSA) is 237 Å². The van der Waals surface area contributed by atoms with Gasteiger partial charge in [0.05, 0.1) is 26.4 Å². The first-order chi connectivity index (χ1) is 48.6. The second kappa shape index (κ2) is 71.0. The van der Waals surface area contributed by atoms with Crippen molar-refractivity contribution in [3.8, 4) is 0 Å². The lowest BCUT2D eigenvalue weighted by atomic mass is 9.99. The van der Waals surface area contributed by atoms with E-state index in [1.165, 1.54) is 218 Å². The van der Waals surface area contributed by atoms with Crippen molar-refractivity contribution in [1.29, 1.82) is 0 Å². The highest BCUT2D eigenvalue weighted by molar-refractivity contribution is 7.47. The van der Waals surface area contributed by atoms with E-state index < -0.39 is 97.5 Å². The van der Waals surface area contributed by atoms with E-state index in [4.69, 9.17) is 37.0 Å². The standard InChI is InChI=1S/C82H160O17P2/c1-9-75(8)61-53-45-35-31-27-23-19-15-11-13-16-20-24-28-32-36-46-54-62-79(84)92-68-78(99-82(87)65-57-49-41-39-44-52-60-74(6)7)71-97-101(90,91)95-67-76(83)66-94-100(88,89)96-70-77(69-93-80(85)63-55-47-40-38-43-51-59-73(4)5)98-81(86)64-56-48-37-33-29-25-21-17-12-10-14-18-22-26-30-34-42-50-58-72(2)3/h72-78,83H,9-71H2,1-8H3,(H,88,89)(H,90,91)/t75?,76?,77-,78-/m1/s1. The van der Waals surface area contributed by atoms with E-state index in [1.54, 1.807) is 0 Å². The van der Waals surface area contributed by atoms with Crippen molar-refractivity contribution in [2.24, 2.45) is 23.7 Å². The first kappa shape index (κ1) is 99.1. The molecule has 0 aromatic rings. The van der Waals surface area contributed by atoms with Crippen LogP contribution in [0.15, 0.2) is 0 Å². The molecule has 0 heterocycles. The van der Waals surface area contributed by atoms with Crippen LogP contribution in [0.2, 0.25) is 0 Å². The Morgan fingerprint density at radius 3 is 0.703 bits per heavy atom. The predicted molar refractivity (Wildman–Crippen MR) is 414 cm³/mol. The molecule has 0 bridgehead atoms. The summed E-state index contributed by atoms with van der Waals surface area (Å²) in [6, 6.07) is 0. The van der Waals surface area contributed by atoms with Crippen LogP contribution >= 0.6 is 15.6 Å². The predicted octanol–water partition coefficient (Wildman–Crippen LogP) is 24.4. The van der Waals surface area contributed by atoms with Crippen molar-refractivity contribution in [3.63, 3.8) is 0 Å². The monoisotopic (exact) mass is 1480 g/mol. The minimum atomic E-state index is -4.96. The highest BCUT2D eigenvalue weighted by Gasteiger charge is 2.30. The second-order valence-electron chi connectivity index (χ2n) is 31.2. The molecule has 101 heavy (non-hydrogen) atoms. The van der Waals surface area contributed by atoms with Gasteiger partial charge in [0, 0.05) is 25.7 Å². The molecule has 0 rings (SSSR count). The summed E-state index contributed by atoms with van der Waals surface area (Å²) in [5.41, 5.74) is 0. The molecule has 0 aliphatic rings. The number of hydrogen-bond donors (Lipinski definition) is 3. The third-order valence-corrected chi connectivity index (χ3v) is 21.3. The first-order valence-corrected chi connectivity index (χ1v) is 45.2. The normalized spacial score (nSPS) is 14.3. The van der Waals surface area contributed by atoms with Crippen molar-refractivity contribution in [1.82, 2.24) is 0 Å². The lowest BCUT2D eigenvalue weighted by Crippen LogP contribution is -2.30. The van der Waals surface area contributed by atoms with Gasteiger partial charge in [-0.05, 0) is 49.4 Å². The molecule has 0 aliphatic carbocycles. The van der Waals surface area contributed by atoms with Gasteiger partial charge in [-0.25, -0.2) is 9.13 Å². The number of aliphatic hydroxyl groups excluding tert-OH is 1. The number of hydrogen-bond acceptors (Lipinski definition) is 15. The summed E-state index contributed by atoms with van der Waals surface area (Å²) in [6.07, 6.45) is 58.9. The van der Waals surface area contributed by atoms with Crippen LogP contribution in [0.25, 0.3) is 0 Å². The second-order valence-corrected chi connectivity index (χ2v) is 34.1. The molecule has 17 nitrogen and oxygen atoms in total. The zero-order chi connectivity index (χ0) is 74.6. The molecule has 0 spiro atoms. The maximum Gasteiger partial charge on any atom is 0.472 e. The fourth-order valence-electron chi connectivity index (χ4n) is 12.6. The van der Waals surface area contributed by atoms with Crippen LogP contribution in [0.4, 0.5) is 0 Å². The molecule has 0 aliphatic heterocycles. The number of esters is 4. The van der Waals surface area contributed by atoms with Crippen molar-refractivity contribution < 1.29 is 80.2 Å². The third-order valence-electron chi connectivity index (χ3n) is 19.4. The minimum absolute atomic E-state index is 0.102. The van der Waals surface area contributed by atoms with Gasteiger partial charge in [-0.3, -0.25) is 37.3 Å². The molecule has 0 radical (unpaired) electrons. The van der Waals surface area contributed by atoms with Gasteiger partial charge in [0.15, 0.2) is 12.2 Å². The maximum atomic E-state index is 13.1. The van der Waals surface area contributed by atoms with Crippen LogP contribution in [0.3, 0.4) is 0 Å². The van der Waals surface area contributed by atoms with Crippen LogP contribution in [0.5, 0.6) is 0 Å². The molecule has 19 heteroatoms. The van der Waals surface area contributed by atoms with Crippen LogP contribution in [-0.2, 0) is 65.4 Å². The summed E-state index contributed by atoms with van der Waals surface area (Å²) >= 11 is 0. The van der Waals surface area contributed by atoms with Gasteiger partial charge in [0.1, 0.15) is 19.3 Å². The van der Waals surface area contributed by atoms with E-state index in [-0.39, 0.29) is 25.7 Å². The van der Waals surface area contributed by atoms with Crippen molar-refractivity contribution >= 4 is 39.5 Å². The van der Waals surface area contributed by atoms with Gasteiger partial charge >= 0.3 is 39.5 Å². The van der Waals surface area contributed by atoms with E-state index in [0.29, 0.717) is 37.5 Å². The van der Waals surface area contributed by atoms with E-state index in [0.717, 1.165) is 108 Å². The Morgan fingerprint density at radius 1 is 0.277 bits per heavy atom. The van der Waals surface area contributed by atoms with Crippen molar-refractivity contribution in [2.45, 2.75) is 440 Å². The molecule has 0 amide bonds. The molecule has 6 atom stereocenters. The molecular weight excluding hydrogens is 1320 g/mol. The first-order valence-electron chi connectivity index (χ1n) is 42.2. The molecule has 600 valence electrons. The zero-order valence-electron chi connectivity index (χ0n) is 66.5. The summed E-state index contributed by atoms with van der Waals surface area (Å²) in [5.74, 6) is 0.921. The van der Waals surface area contributed by atoms with Crippen LogP contribution < -0.4 is 0 Å². The highest BCUT2D eigenvalue weighted by Crippen LogP contribution is 2.45. The zero-order valence-corrected chi connectivity index (χ0v) is 68.3. The molecule has 3 N–H and O–H groups in total. The summed E-state index contributed by atoms with van der Waals surface area (Å²) in [5, 5.41) is 10.6. The Hall–Kier alpha value is -1.94. The Kier molecular flexibility index (Phi) is 69.6. The summed E-state index contributed by atoms with van der Waals surface area (Å²) < 4.78 is 68.6. The summed E-state index contributed by atoms with van der Waals surface area (Å²) in [4.78, 5) is 72.9. The van der Waals surface area contributed by atoms with Crippen LogP contribution in [-0.4, -0.2) is 96.7 Å². The molecule has 0 saturated heterocycles. The molecular formula is C82H160O17P2. The number of phosphoric ester groups is 2. The SMILES string of the molecule is CCC(C)CCCCCCCCCCCCCCCCCCCCC(=O)OC[C@H](COP(=O)(O)OCC(O)COP(=O)(O)OC[C@@H](COC(=O)CCCCCCCCC(C)C)OC(=O)CCCCCCCCCCCCCCCCCCCCC(C)C)OC(=O)CCCCCCCCC(C)C.